The predicted molar refractivity (Wildman–Crippen MR) is 56.7 cm³/mol. The summed E-state index contributed by atoms with van der Waals surface area (Å²) in [5.74, 6) is 2.39. The second kappa shape index (κ2) is 3.80. The van der Waals surface area contributed by atoms with Gasteiger partial charge in [0.05, 0.1) is 0 Å². The molecule has 0 spiro atoms. The molecule has 0 radical (unpaired) electrons. The van der Waals surface area contributed by atoms with Gasteiger partial charge in [0, 0.05) is 6.54 Å². The Balaban J connectivity index is 1.91. The van der Waals surface area contributed by atoms with Gasteiger partial charge < -0.3 is 5.73 Å². The molecule has 4 atom stereocenters. The molecule has 2 bridgehead atoms. The molecule has 2 rings (SSSR count). The van der Waals surface area contributed by atoms with Crippen LogP contribution in [0, 0.1) is 17.8 Å². The molecule has 0 aromatic heterocycles. The number of fused-ring (bicyclic) bond motifs is 2. The summed E-state index contributed by atoms with van der Waals surface area (Å²) in [4.78, 5) is 0. The van der Waals surface area contributed by atoms with E-state index in [2.05, 4.69) is 0 Å². The summed E-state index contributed by atoms with van der Waals surface area (Å²) < 4.78 is 14.1. The standard InChI is InChI=1S/C12H22FN/c1-2-12(13,8-14)7-11-6-9-3-4-10(11)5-9/h9-11H,2-8,14H2,1H3. The molecule has 2 fully saturated rings. The van der Waals surface area contributed by atoms with E-state index in [-0.39, 0.29) is 6.54 Å². The van der Waals surface area contributed by atoms with E-state index in [9.17, 15) is 4.39 Å². The van der Waals surface area contributed by atoms with Gasteiger partial charge in [-0.15, -0.1) is 0 Å². The summed E-state index contributed by atoms with van der Waals surface area (Å²) in [6.45, 7) is 2.12. The van der Waals surface area contributed by atoms with Crippen molar-refractivity contribution in [3.05, 3.63) is 0 Å². The third-order valence-corrected chi connectivity index (χ3v) is 4.51. The molecule has 0 saturated heterocycles. The average molecular weight is 199 g/mol. The molecular formula is C12H22FN. The van der Waals surface area contributed by atoms with Crippen LogP contribution in [0.1, 0.15) is 45.4 Å². The van der Waals surface area contributed by atoms with Crippen LogP contribution in [0.3, 0.4) is 0 Å². The van der Waals surface area contributed by atoms with Gasteiger partial charge in [0.2, 0.25) is 0 Å². The van der Waals surface area contributed by atoms with E-state index < -0.39 is 5.67 Å². The molecule has 14 heavy (non-hydrogen) atoms. The average Bonchev–Trinajstić information content (AvgIpc) is 2.79. The van der Waals surface area contributed by atoms with E-state index in [1.54, 1.807) is 0 Å². The lowest BCUT2D eigenvalue weighted by Crippen LogP contribution is -2.35. The minimum absolute atomic E-state index is 0.206. The molecule has 2 N–H and O–H groups in total. The minimum atomic E-state index is -1.07. The van der Waals surface area contributed by atoms with Crippen molar-refractivity contribution in [1.29, 1.82) is 0 Å². The van der Waals surface area contributed by atoms with Gasteiger partial charge in [0.15, 0.2) is 0 Å². The van der Waals surface area contributed by atoms with Gasteiger partial charge in [-0.25, -0.2) is 4.39 Å². The zero-order chi connectivity index (χ0) is 10.2. The normalized spacial score (nSPS) is 40.1. The van der Waals surface area contributed by atoms with Crippen molar-refractivity contribution in [1.82, 2.24) is 0 Å². The first kappa shape index (κ1) is 10.4. The van der Waals surface area contributed by atoms with Crippen molar-refractivity contribution in [2.24, 2.45) is 23.5 Å². The van der Waals surface area contributed by atoms with Crippen LogP contribution in [0.4, 0.5) is 4.39 Å². The molecule has 2 heteroatoms. The van der Waals surface area contributed by atoms with Crippen molar-refractivity contribution in [3.63, 3.8) is 0 Å². The van der Waals surface area contributed by atoms with Crippen LogP contribution in [0.2, 0.25) is 0 Å². The Bertz CT molecular complexity index is 200. The summed E-state index contributed by atoms with van der Waals surface area (Å²) >= 11 is 0. The highest BCUT2D eigenvalue weighted by Crippen LogP contribution is 2.51. The quantitative estimate of drug-likeness (QED) is 0.740. The molecule has 0 aromatic carbocycles. The van der Waals surface area contributed by atoms with Crippen LogP contribution in [0.5, 0.6) is 0 Å². The van der Waals surface area contributed by atoms with Gasteiger partial charge in [0.1, 0.15) is 5.67 Å². The van der Waals surface area contributed by atoms with E-state index in [0.717, 1.165) is 18.3 Å². The molecule has 0 aromatic rings. The number of rotatable bonds is 4. The van der Waals surface area contributed by atoms with Crippen LogP contribution in [0.15, 0.2) is 0 Å². The van der Waals surface area contributed by atoms with Gasteiger partial charge in [-0.3, -0.25) is 0 Å². The van der Waals surface area contributed by atoms with Crippen molar-refractivity contribution < 1.29 is 4.39 Å². The maximum Gasteiger partial charge on any atom is 0.123 e. The highest BCUT2D eigenvalue weighted by Gasteiger charge is 2.43. The summed E-state index contributed by atoms with van der Waals surface area (Å²) in [7, 11) is 0. The van der Waals surface area contributed by atoms with Gasteiger partial charge in [-0.1, -0.05) is 13.3 Å². The maximum atomic E-state index is 14.1. The lowest BCUT2D eigenvalue weighted by molar-refractivity contribution is 0.107. The lowest BCUT2D eigenvalue weighted by atomic mass is 9.80. The molecule has 0 aliphatic heterocycles. The second-order valence-corrected chi connectivity index (χ2v) is 5.35. The fourth-order valence-corrected chi connectivity index (χ4v) is 3.47. The number of hydrogen-bond acceptors (Lipinski definition) is 1. The first-order valence-electron chi connectivity index (χ1n) is 6.06. The summed E-state index contributed by atoms with van der Waals surface area (Å²) in [5, 5.41) is 0. The molecule has 0 amide bonds. The monoisotopic (exact) mass is 199 g/mol. The van der Waals surface area contributed by atoms with Gasteiger partial charge in [-0.05, 0) is 49.9 Å². The van der Waals surface area contributed by atoms with Crippen molar-refractivity contribution in [2.75, 3.05) is 6.54 Å². The van der Waals surface area contributed by atoms with Gasteiger partial charge >= 0.3 is 0 Å². The molecule has 2 aliphatic carbocycles. The van der Waals surface area contributed by atoms with Crippen LogP contribution in [0.25, 0.3) is 0 Å². The molecule has 0 heterocycles. The van der Waals surface area contributed by atoms with Crippen molar-refractivity contribution in [3.8, 4) is 0 Å². The molecule has 4 unspecified atom stereocenters. The van der Waals surface area contributed by atoms with Gasteiger partial charge in [0.25, 0.3) is 0 Å². The van der Waals surface area contributed by atoms with Crippen LogP contribution < -0.4 is 5.73 Å². The number of halogens is 1. The third kappa shape index (κ3) is 1.81. The van der Waals surface area contributed by atoms with Crippen LogP contribution in [-0.2, 0) is 0 Å². The maximum absolute atomic E-state index is 14.1. The molecule has 1 nitrogen and oxygen atoms in total. The minimum Gasteiger partial charge on any atom is -0.328 e. The fraction of sp³-hybridized carbons (Fsp3) is 1.00. The Morgan fingerprint density at radius 2 is 2.14 bits per heavy atom. The summed E-state index contributed by atoms with van der Waals surface area (Å²) in [6.07, 6.45) is 6.69. The fourth-order valence-electron chi connectivity index (χ4n) is 3.47. The van der Waals surface area contributed by atoms with Crippen LogP contribution >= 0.6 is 0 Å². The summed E-state index contributed by atoms with van der Waals surface area (Å²) in [6, 6.07) is 0. The summed E-state index contributed by atoms with van der Waals surface area (Å²) in [5.41, 5.74) is 4.44. The Hall–Kier alpha value is -0.110. The predicted octanol–water partition coefficient (Wildman–Crippen LogP) is 2.89. The highest BCUT2D eigenvalue weighted by atomic mass is 19.1. The first-order valence-corrected chi connectivity index (χ1v) is 6.06. The number of hydrogen-bond donors (Lipinski definition) is 1. The number of alkyl halides is 1. The van der Waals surface area contributed by atoms with E-state index in [1.165, 1.54) is 25.7 Å². The van der Waals surface area contributed by atoms with Crippen LogP contribution in [-0.4, -0.2) is 12.2 Å². The molecule has 2 aliphatic rings. The third-order valence-electron chi connectivity index (χ3n) is 4.51. The zero-order valence-corrected chi connectivity index (χ0v) is 9.14. The van der Waals surface area contributed by atoms with E-state index in [0.29, 0.717) is 12.3 Å². The van der Waals surface area contributed by atoms with E-state index in [4.69, 9.17) is 5.73 Å². The molecule has 82 valence electrons. The number of nitrogens with two attached hydrogens (primary N) is 1. The Morgan fingerprint density at radius 3 is 2.57 bits per heavy atom. The van der Waals surface area contributed by atoms with Gasteiger partial charge in [-0.2, -0.15) is 0 Å². The Morgan fingerprint density at radius 1 is 1.36 bits per heavy atom. The highest BCUT2D eigenvalue weighted by molar-refractivity contribution is 4.94. The Kier molecular flexibility index (Phi) is 2.83. The topological polar surface area (TPSA) is 26.0 Å². The molecule has 2 saturated carbocycles. The second-order valence-electron chi connectivity index (χ2n) is 5.35. The largest absolute Gasteiger partial charge is 0.328 e. The Labute approximate surface area is 86.2 Å². The van der Waals surface area contributed by atoms with Crippen molar-refractivity contribution >= 4 is 0 Å². The smallest absolute Gasteiger partial charge is 0.123 e. The SMILES string of the molecule is CCC(F)(CN)CC1CC2CCC1C2. The van der Waals surface area contributed by atoms with E-state index in [1.807, 2.05) is 6.92 Å². The zero-order valence-electron chi connectivity index (χ0n) is 9.14. The lowest BCUT2D eigenvalue weighted by Gasteiger charge is -2.30. The first-order chi connectivity index (χ1) is 6.67. The molecular weight excluding hydrogens is 177 g/mol. The van der Waals surface area contributed by atoms with E-state index >= 15 is 0 Å². The van der Waals surface area contributed by atoms with Crippen molar-refractivity contribution in [2.45, 2.75) is 51.1 Å².